The third kappa shape index (κ3) is 7.41. The van der Waals surface area contributed by atoms with Gasteiger partial charge in [0.15, 0.2) is 5.01 Å². The first-order valence-electron chi connectivity index (χ1n) is 12.9. The van der Waals surface area contributed by atoms with Crippen molar-refractivity contribution >= 4 is 45.7 Å². The highest BCUT2D eigenvalue weighted by Gasteiger charge is 2.30. The Hall–Kier alpha value is -1.85. The molecule has 1 aliphatic heterocycles. The molecule has 3 N–H and O–H groups in total. The van der Waals surface area contributed by atoms with Crippen molar-refractivity contribution in [3.05, 3.63) is 33.4 Å². The standard InChI is InChI=1S/C27H39ClN4O4S2/c1-8-26(4,5)31-38(36)19-10-9-18(20(28)17(19)3)22-21(25(34)32-13-11-16(2)12-14-32)30-24(37-22)23(33)29-15-27(6,7)35/h9-10,16,31,35H,8,11-15H2,1-7H3,(H,29,33). The quantitative estimate of drug-likeness (QED) is 0.387. The molecule has 0 radical (unpaired) electrons. The fourth-order valence-electron chi connectivity index (χ4n) is 3.90. The van der Waals surface area contributed by atoms with Gasteiger partial charge in [-0.05, 0) is 71.4 Å². The van der Waals surface area contributed by atoms with Gasteiger partial charge in [-0.3, -0.25) is 9.59 Å². The number of piperidine rings is 1. The third-order valence-corrected chi connectivity index (χ3v) is 9.96. The van der Waals surface area contributed by atoms with Crippen LogP contribution in [0.15, 0.2) is 17.0 Å². The molecule has 0 aliphatic carbocycles. The monoisotopic (exact) mass is 582 g/mol. The van der Waals surface area contributed by atoms with Gasteiger partial charge >= 0.3 is 0 Å². The molecule has 2 amide bonds. The molecular weight excluding hydrogens is 544 g/mol. The number of aromatic nitrogens is 1. The summed E-state index contributed by atoms with van der Waals surface area (Å²) in [5.74, 6) is -0.160. The highest BCUT2D eigenvalue weighted by Crippen LogP contribution is 2.39. The molecule has 1 unspecified atom stereocenters. The van der Waals surface area contributed by atoms with Crippen molar-refractivity contribution in [3.63, 3.8) is 0 Å². The number of likely N-dealkylation sites (tertiary alicyclic amines) is 1. The Balaban J connectivity index is 2.03. The Bertz CT molecular complexity index is 1210. The van der Waals surface area contributed by atoms with Crippen molar-refractivity contribution < 1.29 is 18.9 Å². The molecule has 11 heteroatoms. The molecule has 0 saturated carbocycles. The molecule has 38 heavy (non-hydrogen) atoms. The molecule has 1 atom stereocenters. The molecule has 0 bridgehead atoms. The molecule has 1 aromatic carbocycles. The SMILES string of the molecule is CCC(C)(C)NS(=O)c1ccc(-c2sc(C(=O)NCC(C)(C)O)nc2C(=O)N2CCC(C)CC2)c(Cl)c1C. The third-order valence-electron chi connectivity index (χ3n) is 6.81. The van der Waals surface area contributed by atoms with Crippen molar-refractivity contribution in [1.82, 2.24) is 19.9 Å². The number of rotatable bonds is 9. The van der Waals surface area contributed by atoms with E-state index in [1.165, 1.54) is 0 Å². The van der Waals surface area contributed by atoms with Gasteiger partial charge in [-0.1, -0.05) is 31.5 Å². The van der Waals surface area contributed by atoms with Gasteiger partial charge in [-0.15, -0.1) is 11.3 Å². The van der Waals surface area contributed by atoms with Crippen LogP contribution in [0, 0.1) is 12.8 Å². The number of carbonyl (C=O) groups excluding carboxylic acids is 2. The fourth-order valence-corrected chi connectivity index (χ4v) is 6.60. The average Bonchev–Trinajstić information content (AvgIpc) is 3.28. The maximum atomic E-state index is 13.6. The van der Waals surface area contributed by atoms with Crippen molar-refractivity contribution in [2.45, 2.75) is 83.8 Å². The topological polar surface area (TPSA) is 112 Å². The predicted octanol–water partition coefficient (Wildman–Crippen LogP) is 4.95. The molecule has 1 fully saturated rings. The Morgan fingerprint density at radius 3 is 2.45 bits per heavy atom. The zero-order valence-corrected chi connectivity index (χ0v) is 25.6. The Kier molecular flexibility index (Phi) is 9.79. The number of nitrogens with zero attached hydrogens (tertiary/aromatic N) is 2. The molecule has 210 valence electrons. The van der Waals surface area contributed by atoms with Crippen LogP contribution >= 0.6 is 22.9 Å². The zero-order chi connectivity index (χ0) is 28.4. The van der Waals surface area contributed by atoms with Gasteiger partial charge < -0.3 is 15.3 Å². The van der Waals surface area contributed by atoms with E-state index in [2.05, 4.69) is 21.9 Å². The fraction of sp³-hybridized carbons (Fsp3) is 0.593. The number of aliphatic hydroxyl groups is 1. The van der Waals surface area contributed by atoms with E-state index in [9.17, 15) is 18.9 Å². The van der Waals surface area contributed by atoms with Crippen LogP contribution in [0.25, 0.3) is 10.4 Å². The van der Waals surface area contributed by atoms with E-state index in [1.807, 2.05) is 20.8 Å². The average molecular weight is 583 g/mol. The molecule has 8 nitrogen and oxygen atoms in total. The van der Waals surface area contributed by atoms with E-state index in [4.69, 9.17) is 11.6 Å². The summed E-state index contributed by atoms with van der Waals surface area (Å²) in [6, 6.07) is 3.49. The lowest BCUT2D eigenvalue weighted by molar-refractivity contribution is 0.0685. The normalized spacial score (nSPS) is 16.0. The van der Waals surface area contributed by atoms with E-state index in [1.54, 1.807) is 37.8 Å². The second-order valence-corrected chi connectivity index (χ2v) is 13.9. The lowest BCUT2D eigenvalue weighted by Gasteiger charge is -2.30. The zero-order valence-electron chi connectivity index (χ0n) is 23.2. The number of nitrogens with one attached hydrogen (secondary N) is 2. The Labute approximate surface area is 237 Å². The molecule has 3 rings (SSSR count). The maximum absolute atomic E-state index is 13.6. The molecule has 1 aromatic heterocycles. The van der Waals surface area contributed by atoms with Gasteiger partial charge in [0.25, 0.3) is 11.8 Å². The molecule has 2 heterocycles. The molecule has 1 aliphatic rings. The van der Waals surface area contributed by atoms with Gasteiger partial charge in [0.1, 0.15) is 16.7 Å². The molecule has 1 saturated heterocycles. The van der Waals surface area contributed by atoms with Crippen LogP contribution < -0.4 is 10.0 Å². The van der Waals surface area contributed by atoms with Crippen LogP contribution in [0.3, 0.4) is 0 Å². The van der Waals surface area contributed by atoms with Crippen LogP contribution in [0.1, 0.15) is 86.7 Å². The molecular formula is C27H39ClN4O4S2. The van der Waals surface area contributed by atoms with E-state index in [0.717, 1.165) is 30.6 Å². The lowest BCUT2D eigenvalue weighted by Crippen LogP contribution is -2.39. The van der Waals surface area contributed by atoms with E-state index in [-0.39, 0.29) is 28.7 Å². The summed E-state index contributed by atoms with van der Waals surface area (Å²) in [5, 5.41) is 13.2. The minimum atomic E-state index is -1.48. The number of hydrogen-bond donors (Lipinski definition) is 3. The number of hydrogen-bond acceptors (Lipinski definition) is 6. The minimum absolute atomic E-state index is 0.0372. The molecule has 0 spiro atoms. The van der Waals surface area contributed by atoms with E-state index in [0.29, 0.717) is 44.9 Å². The van der Waals surface area contributed by atoms with Gasteiger partial charge in [-0.25, -0.2) is 13.9 Å². The van der Waals surface area contributed by atoms with Crippen molar-refractivity contribution in [3.8, 4) is 10.4 Å². The highest BCUT2D eigenvalue weighted by atomic mass is 35.5. The van der Waals surface area contributed by atoms with Crippen molar-refractivity contribution in [2.24, 2.45) is 5.92 Å². The summed E-state index contributed by atoms with van der Waals surface area (Å²) < 4.78 is 16.2. The molecule has 2 aromatic rings. The summed E-state index contributed by atoms with van der Waals surface area (Å²) in [5.41, 5.74) is -0.0401. The van der Waals surface area contributed by atoms with Crippen molar-refractivity contribution in [2.75, 3.05) is 19.6 Å². The van der Waals surface area contributed by atoms with Crippen LogP contribution in [-0.4, -0.2) is 61.8 Å². The lowest BCUT2D eigenvalue weighted by atomic mass is 9.99. The summed E-state index contributed by atoms with van der Waals surface area (Å²) in [4.78, 5) is 33.8. The maximum Gasteiger partial charge on any atom is 0.280 e. The number of thiazole rings is 1. The largest absolute Gasteiger partial charge is 0.389 e. The number of benzene rings is 1. The van der Waals surface area contributed by atoms with Gasteiger partial charge in [0.05, 0.1) is 20.4 Å². The van der Waals surface area contributed by atoms with Gasteiger partial charge in [0.2, 0.25) is 0 Å². The van der Waals surface area contributed by atoms with Gasteiger partial charge in [0, 0.05) is 30.7 Å². The second kappa shape index (κ2) is 12.1. The summed E-state index contributed by atoms with van der Waals surface area (Å²) >= 11 is 7.92. The number of halogens is 1. The summed E-state index contributed by atoms with van der Waals surface area (Å²) in [7, 11) is -1.48. The highest BCUT2D eigenvalue weighted by molar-refractivity contribution is 7.83. The minimum Gasteiger partial charge on any atom is -0.389 e. The van der Waals surface area contributed by atoms with E-state index >= 15 is 0 Å². The first kappa shape index (κ1) is 30.7. The van der Waals surface area contributed by atoms with Crippen LogP contribution in [0.4, 0.5) is 0 Å². The summed E-state index contributed by atoms with van der Waals surface area (Å²) in [6.45, 7) is 14.4. The number of carbonyl (C=O) groups is 2. The first-order valence-corrected chi connectivity index (χ1v) is 15.3. The Morgan fingerprint density at radius 2 is 1.87 bits per heavy atom. The van der Waals surface area contributed by atoms with Crippen LogP contribution in [-0.2, 0) is 11.0 Å². The summed E-state index contributed by atoms with van der Waals surface area (Å²) in [6.07, 6.45) is 2.61. The first-order chi connectivity index (χ1) is 17.6. The predicted molar refractivity (Wildman–Crippen MR) is 154 cm³/mol. The Morgan fingerprint density at radius 1 is 1.24 bits per heavy atom. The van der Waals surface area contributed by atoms with Crippen molar-refractivity contribution in [1.29, 1.82) is 0 Å². The van der Waals surface area contributed by atoms with Crippen LogP contribution in [0.2, 0.25) is 5.02 Å². The second-order valence-electron chi connectivity index (χ2n) is 11.3. The van der Waals surface area contributed by atoms with E-state index < -0.39 is 22.5 Å². The van der Waals surface area contributed by atoms with Gasteiger partial charge in [-0.2, -0.15) is 0 Å². The smallest absolute Gasteiger partial charge is 0.280 e. The number of amides is 2. The van der Waals surface area contributed by atoms with Crippen LogP contribution in [0.5, 0.6) is 0 Å².